The van der Waals surface area contributed by atoms with Crippen LogP contribution in [-0.4, -0.2) is 100 Å². The van der Waals surface area contributed by atoms with E-state index in [1.807, 2.05) is 89.8 Å². The standard InChI is InChI=1S/C56H50N6O10/c1-69-32-33-71-55(68)61-43-28-27-36(16-15-29-60-44-25-13-12-24-42(44)58-59-60)34-41(43)56(54(61)67)47(52(65)57-35-45(64)37-17-5-2-6-18-37)49-53(66)72-50(39-21-9-4-10-22-39)48(38-19-7-3-8-20-38)62(49)51(56)40-23-11-14-26-46(40)70-31-30-63/h2-14,17-28,34,45,47-51,63-64H,29-33,35H2,1H3,(H,57,65). The quantitative estimate of drug-likeness (QED) is 0.0639. The van der Waals surface area contributed by atoms with Crippen molar-refractivity contribution in [1.29, 1.82) is 0 Å². The molecule has 7 unspecified atom stereocenters. The zero-order valence-corrected chi connectivity index (χ0v) is 39.1. The second kappa shape index (κ2) is 20.6. The van der Waals surface area contributed by atoms with Crippen LogP contribution in [0.4, 0.5) is 10.5 Å². The Morgan fingerprint density at radius 1 is 0.819 bits per heavy atom. The number of esters is 1. The number of aliphatic hydroxyl groups excluding tert-OH is 2. The molecule has 0 radical (unpaired) electrons. The van der Waals surface area contributed by atoms with Gasteiger partial charge in [0.05, 0.1) is 48.5 Å². The maximum absolute atomic E-state index is 16.5. The molecule has 1 spiro atoms. The lowest BCUT2D eigenvalue weighted by Crippen LogP contribution is -2.56. The number of aliphatic hydroxyl groups is 2. The molecule has 16 nitrogen and oxygen atoms in total. The molecule has 3 amide bonds. The molecule has 16 heteroatoms. The average Bonchev–Trinajstić information content (AvgIpc) is 4.06. The van der Waals surface area contributed by atoms with E-state index in [0.717, 1.165) is 10.4 Å². The lowest BCUT2D eigenvalue weighted by Gasteiger charge is -2.46. The summed E-state index contributed by atoms with van der Waals surface area (Å²) in [5.41, 5.74) is 2.24. The maximum atomic E-state index is 16.5. The Balaban J connectivity index is 1.24. The number of anilines is 1. The van der Waals surface area contributed by atoms with Gasteiger partial charge in [0, 0.05) is 24.8 Å². The van der Waals surface area contributed by atoms with E-state index in [2.05, 4.69) is 27.5 Å². The van der Waals surface area contributed by atoms with Crippen molar-refractivity contribution in [1.82, 2.24) is 25.2 Å². The van der Waals surface area contributed by atoms with Gasteiger partial charge in [0.1, 0.15) is 48.6 Å². The fourth-order valence-electron chi connectivity index (χ4n) is 10.6. The second-order valence-electron chi connectivity index (χ2n) is 17.6. The van der Waals surface area contributed by atoms with E-state index in [4.69, 9.17) is 18.9 Å². The Morgan fingerprint density at radius 2 is 1.51 bits per heavy atom. The minimum Gasteiger partial charge on any atom is -0.491 e. The van der Waals surface area contributed by atoms with E-state index in [1.54, 1.807) is 77.5 Å². The van der Waals surface area contributed by atoms with Gasteiger partial charge in [-0.05, 0) is 58.7 Å². The zero-order chi connectivity index (χ0) is 49.8. The van der Waals surface area contributed by atoms with Crippen LogP contribution in [-0.2, 0) is 40.6 Å². The number of methoxy groups -OCH3 is 1. The van der Waals surface area contributed by atoms with Crippen LogP contribution in [0.1, 0.15) is 57.7 Å². The topological polar surface area (TPSA) is 195 Å². The smallest absolute Gasteiger partial charge is 0.421 e. The van der Waals surface area contributed by atoms with Crippen LogP contribution in [0, 0.1) is 17.8 Å². The van der Waals surface area contributed by atoms with Gasteiger partial charge < -0.3 is 34.5 Å². The Kier molecular flexibility index (Phi) is 13.6. The normalized spacial score (nSPS) is 21.6. The van der Waals surface area contributed by atoms with Crippen LogP contribution in [0.2, 0.25) is 0 Å². The van der Waals surface area contributed by atoms with Gasteiger partial charge >= 0.3 is 12.1 Å². The summed E-state index contributed by atoms with van der Waals surface area (Å²) in [4.78, 5) is 65.3. The number of imide groups is 1. The Hall–Kier alpha value is -8.20. The zero-order valence-electron chi connectivity index (χ0n) is 39.1. The van der Waals surface area contributed by atoms with Gasteiger partial charge in [-0.25, -0.2) is 14.4 Å². The molecule has 4 heterocycles. The number of nitrogens with one attached hydrogen (secondary N) is 1. The second-order valence-corrected chi connectivity index (χ2v) is 17.6. The number of benzene rings is 6. The highest BCUT2D eigenvalue weighted by Gasteiger charge is 2.76. The van der Waals surface area contributed by atoms with Crippen molar-refractivity contribution in [2.24, 2.45) is 5.92 Å². The number of hydrogen-bond donors (Lipinski definition) is 3. The predicted octanol–water partition coefficient (Wildman–Crippen LogP) is 6.15. The fourth-order valence-corrected chi connectivity index (χ4v) is 10.6. The Bertz CT molecular complexity index is 3180. The van der Waals surface area contributed by atoms with Gasteiger partial charge in [-0.2, -0.15) is 0 Å². The van der Waals surface area contributed by atoms with Crippen LogP contribution in [0.25, 0.3) is 11.0 Å². The number of hydrogen-bond acceptors (Lipinski definition) is 13. The summed E-state index contributed by atoms with van der Waals surface area (Å²) in [7, 11) is 1.45. The van der Waals surface area contributed by atoms with Crippen LogP contribution < -0.4 is 15.0 Å². The highest BCUT2D eigenvalue weighted by Crippen LogP contribution is 2.66. The first-order valence-corrected chi connectivity index (χ1v) is 23.6. The summed E-state index contributed by atoms with van der Waals surface area (Å²) in [6, 6.07) is 43.1. The monoisotopic (exact) mass is 966 g/mol. The van der Waals surface area contributed by atoms with E-state index in [1.165, 1.54) is 7.11 Å². The molecule has 2 saturated heterocycles. The molecule has 3 aliphatic heterocycles. The molecule has 72 heavy (non-hydrogen) atoms. The first kappa shape index (κ1) is 47.5. The Labute approximate surface area is 414 Å². The molecule has 0 aliphatic carbocycles. The average molecular weight is 967 g/mol. The van der Waals surface area contributed by atoms with Crippen molar-refractivity contribution in [3.63, 3.8) is 0 Å². The molecular formula is C56H50N6O10. The first-order chi connectivity index (χ1) is 35.3. The number of carbonyl (C=O) groups excluding carboxylic acids is 4. The summed E-state index contributed by atoms with van der Waals surface area (Å²) < 4.78 is 25.5. The van der Waals surface area contributed by atoms with Gasteiger partial charge in [-0.15, -0.1) is 5.10 Å². The number of amides is 3. The van der Waals surface area contributed by atoms with Crippen LogP contribution in [0.3, 0.4) is 0 Å². The Morgan fingerprint density at radius 3 is 2.26 bits per heavy atom. The van der Waals surface area contributed by atoms with E-state index in [-0.39, 0.29) is 56.5 Å². The number of morpholine rings is 1. The molecule has 1 aromatic heterocycles. The molecule has 364 valence electrons. The minimum absolute atomic E-state index is 0.0235. The van der Waals surface area contributed by atoms with Crippen LogP contribution >= 0.6 is 0 Å². The summed E-state index contributed by atoms with van der Waals surface area (Å²) in [5, 5.41) is 33.1. The van der Waals surface area contributed by atoms with Crippen molar-refractivity contribution in [3.05, 3.63) is 191 Å². The number of carbonyl (C=O) groups is 4. The van der Waals surface area contributed by atoms with Crippen molar-refractivity contribution in [2.75, 3.05) is 45.0 Å². The van der Waals surface area contributed by atoms with Crippen molar-refractivity contribution in [2.45, 2.75) is 42.3 Å². The van der Waals surface area contributed by atoms with Gasteiger partial charge in [-0.1, -0.05) is 138 Å². The third kappa shape index (κ3) is 8.51. The molecule has 6 aromatic carbocycles. The van der Waals surface area contributed by atoms with Gasteiger partial charge in [0.15, 0.2) is 0 Å². The van der Waals surface area contributed by atoms with E-state index in [9.17, 15) is 15.0 Å². The predicted molar refractivity (Wildman–Crippen MR) is 263 cm³/mol. The lowest BCUT2D eigenvalue weighted by molar-refractivity contribution is -0.178. The largest absolute Gasteiger partial charge is 0.491 e. The van der Waals surface area contributed by atoms with Crippen molar-refractivity contribution < 1.29 is 48.3 Å². The van der Waals surface area contributed by atoms with Crippen LogP contribution in [0.15, 0.2) is 158 Å². The number of para-hydroxylation sites is 2. The highest BCUT2D eigenvalue weighted by molar-refractivity contribution is 6.23. The third-order valence-electron chi connectivity index (χ3n) is 13.5. The minimum atomic E-state index is -2.18. The molecule has 10 rings (SSSR count). The highest BCUT2D eigenvalue weighted by atomic mass is 16.6. The van der Waals surface area contributed by atoms with Crippen molar-refractivity contribution >= 4 is 40.6 Å². The van der Waals surface area contributed by atoms with Crippen molar-refractivity contribution in [3.8, 4) is 17.6 Å². The van der Waals surface area contributed by atoms with Gasteiger partial charge in [-0.3, -0.25) is 19.3 Å². The summed E-state index contributed by atoms with van der Waals surface area (Å²) in [5.74, 6) is 2.55. The SMILES string of the molecule is COCCOC(=O)N1C(=O)C2(c3cc(C#CCn4nnc5ccccc54)ccc31)C(C(=O)NCC(O)c1ccccc1)C1C(=O)OC(c3ccccc3)C(c3ccccc3)N1C2c1ccccc1OCCO. The summed E-state index contributed by atoms with van der Waals surface area (Å²) in [6.07, 6.45) is -3.21. The molecule has 0 saturated carbocycles. The van der Waals surface area contributed by atoms with Gasteiger partial charge in [0.25, 0.3) is 0 Å². The van der Waals surface area contributed by atoms with Crippen LogP contribution in [0.5, 0.6) is 5.75 Å². The molecular weight excluding hydrogens is 917 g/mol. The maximum Gasteiger partial charge on any atom is 0.421 e. The number of ether oxygens (including phenoxy) is 4. The molecule has 3 aliphatic rings. The van der Waals surface area contributed by atoms with E-state index < -0.39 is 65.5 Å². The molecule has 7 aromatic rings. The number of aromatic nitrogens is 3. The number of rotatable bonds is 14. The van der Waals surface area contributed by atoms with E-state index >= 15 is 14.4 Å². The first-order valence-electron chi connectivity index (χ1n) is 23.6. The fraction of sp³-hybridized carbons (Fsp3) is 0.250. The number of fused-ring (bicyclic) bond motifs is 4. The number of cyclic esters (lactones) is 1. The van der Waals surface area contributed by atoms with E-state index in [0.29, 0.717) is 33.3 Å². The lowest BCUT2D eigenvalue weighted by atomic mass is 9.65. The molecule has 2 fully saturated rings. The van der Waals surface area contributed by atoms with Gasteiger partial charge in [0.2, 0.25) is 11.8 Å². The summed E-state index contributed by atoms with van der Waals surface area (Å²) in [6.45, 7) is -0.833. The third-order valence-corrected chi connectivity index (χ3v) is 13.5. The number of nitrogens with zero attached hydrogens (tertiary/aromatic N) is 5. The molecule has 7 atom stereocenters. The molecule has 3 N–H and O–H groups in total. The summed E-state index contributed by atoms with van der Waals surface area (Å²) >= 11 is 0. The molecule has 0 bridgehead atoms.